The molecule has 3 N–H and O–H groups in total. The van der Waals surface area contributed by atoms with Crippen LogP contribution in [-0.4, -0.2) is 28.5 Å². The van der Waals surface area contributed by atoms with E-state index in [1.54, 1.807) is 0 Å². The molecule has 1 atom stereocenters. The summed E-state index contributed by atoms with van der Waals surface area (Å²) in [4.78, 5) is 11.8. The van der Waals surface area contributed by atoms with Gasteiger partial charge in [0.1, 0.15) is 0 Å². The van der Waals surface area contributed by atoms with Crippen LogP contribution in [0.3, 0.4) is 0 Å². The smallest absolute Gasteiger partial charge is 0.244 e. The molecule has 0 saturated heterocycles. The molecule has 20 heavy (non-hydrogen) atoms. The Balaban J connectivity index is 4.39. The van der Waals surface area contributed by atoms with Gasteiger partial charge in [-0.25, -0.2) is 0 Å². The van der Waals surface area contributed by atoms with Gasteiger partial charge < -0.3 is 15.5 Å². The fourth-order valence-electron chi connectivity index (χ4n) is 1.87. The summed E-state index contributed by atoms with van der Waals surface area (Å²) in [7, 11) is 0. The predicted octanol–water partition coefficient (Wildman–Crippen LogP) is 2.52. The number of allylic oxidation sites excluding steroid dienone is 3. The molecule has 0 bridgehead atoms. The SMILES string of the molecule is CC(C)=CCCC(C)=CC(=O)NC(CC(C)C)C(O)O. The minimum atomic E-state index is -1.53. The van der Waals surface area contributed by atoms with Gasteiger partial charge in [-0.15, -0.1) is 0 Å². The molecular weight excluding hydrogens is 254 g/mol. The Labute approximate surface area is 122 Å². The Morgan fingerprint density at radius 1 is 1.20 bits per heavy atom. The van der Waals surface area contributed by atoms with Crippen molar-refractivity contribution in [1.29, 1.82) is 0 Å². The Bertz CT molecular complexity index is 353. The van der Waals surface area contributed by atoms with Crippen LogP contribution in [-0.2, 0) is 4.79 Å². The Kier molecular flexibility index (Phi) is 9.17. The molecule has 0 heterocycles. The van der Waals surface area contributed by atoms with E-state index in [0.29, 0.717) is 6.42 Å². The molecule has 0 rings (SSSR count). The minimum Gasteiger partial charge on any atom is -0.366 e. The number of amides is 1. The van der Waals surface area contributed by atoms with E-state index in [1.165, 1.54) is 11.6 Å². The molecule has 0 aromatic carbocycles. The van der Waals surface area contributed by atoms with Gasteiger partial charge in [-0.2, -0.15) is 0 Å². The molecule has 0 fully saturated rings. The van der Waals surface area contributed by atoms with Gasteiger partial charge in [0.25, 0.3) is 0 Å². The molecule has 0 aliphatic carbocycles. The van der Waals surface area contributed by atoms with Crippen molar-refractivity contribution >= 4 is 5.91 Å². The van der Waals surface area contributed by atoms with E-state index < -0.39 is 12.3 Å². The zero-order valence-electron chi connectivity index (χ0n) is 13.3. The summed E-state index contributed by atoms with van der Waals surface area (Å²) in [6, 6.07) is -0.621. The number of carbonyl (C=O) groups is 1. The highest BCUT2D eigenvalue weighted by atomic mass is 16.5. The first-order valence-electron chi connectivity index (χ1n) is 7.19. The van der Waals surface area contributed by atoms with Gasteiger partial charge in [0.2, 0.25) is 5.91 Å². The summed E-state index contributed by atoms with van der Waals surface area (Å²) >= 11 is 0. The lowest BCUT2D eigenvalue weighted by Crippen LogP contribution is -2.43. The van der Waals surface area contributed by atoms with Crippen molar-refractivity contribution in [3.63, 3.8) is 0 Å². The van der Waals surface area contributed by atoms with Crippen LogP contribution in [0.25, 0.3) is 0 Å². The van der Waals surface area contributed by atoms with E-state index in [-0.39, 0.29) is 11.8 Å². The number of carbonyl (C=O) groups excluding carboxylic acids is 1. The summed E-state index contributed by atoms with van der Waals surface area (Å²) in [5.74, 6) is 0.0169. The standard InChI is InChI=1S/C16H29NO3/c1-11(2)7-6-8-13(5)10-15(18)17-14(16(19)20)9-12(3)4/h7,10,12,14,16,19-20H,6,8-9H2,1-5H3,(H,17,18). The molecule has 116 valence electrons. The third-order valence-electron chi connectivity index (χ3n) is 2.88. The van der Waals surface area contributed by atoms with Crippen molar-refractivity contribution in [1.82, 2.24) is 5.32 Å². The van der Waals surface area contributed by atoms with Crippen LogP contribution >= 0.6 is 0 Å². The van der Waals surface area contributed by atoms with E-state index in [1.807, 2.05) is 34.6 Å². The summed E-state index contributed by atoms with van der Waals surface area (Å²) in [6.07, 6.45) is 4.42. The van der Waals surface area contributed by atoms with Crippen molar-refractivity contribution in [2.24, 2.45) is 5.92 Å². The lowest BCUT2D eigenvalue weighted by atomic mass is 10.0. The molecule has 0 spiro atoms. The largest absolute Gasteiger partial charge is 0.366 e. The molecule has 4 heteroatoms. The van der Waals surface area contributed by atoms with Gasteiger partial charge in [-0.3, -0.25) is 4.79 Å². The number of aliphatic hydroxyl groups is 2. The Hall–Kier alpha value is -1.13. The fraction of sp³-hybridized carbons (Fsp3) is 0.688. The van der Waals surface area contributed by atoms with Crippen molar-refractivity contribution in [2.75, 3.05) is 0 Å². The van der Waals surface area contributed by atoms with Crippen LogP contribution in [0.15, 0.2) is 23.3 Å². The van der Waals surface area contributed by atoms with Crippen LogP contribution < -0.4 is 5.32 Å². The lowest BCUT2D eigenvalue weighted by Gasteiger charge is -2.21. The molecule has 0 radical (unpaired) electrons. The van der Waals surface area contributed by atoms with Crippen molar-refractivity contribution in [2.45, 2.75) is 66.2 Å². The first-order valence-corrected chi connectivity index (χ1v) is 7.19. The van der Waals surface area contributed by atoms with Gasteiger partial charge in [0.05, 0.1) is 6.04 Å². The van der Waals surface area contributed by atoms with Gasteiger partial charge in [0, 0.05) is 6.08 Å². The number of aliphatic hydroxyl groups excluding tert-OH is 1. The van der Waals surface area contributed by atoms with Gasteiger partial charge in [-0.1, -0.05) is 31.1 Å². The third kappa shape index (κ3) is 9.75. The highest BCUT2D eigenvalue weighted by Gasteiger charge is 2.19. The molecule has 0 aromatic heterocycles. The van der Waals surface area contributed by atoms with E-state index in [9.17, 15) is 15.0 Å². The van der Waals surface area contributed by atoms with Crippen LogP contribution in [0.4, 0.5) is 0 Å². The third-order valence-corrected chi connectivity index (χ3v) is 2.88. The van der Waals surface area contributed by atoms with E-state index in [2.05, 4.69) is 11.4 Å². The molecule has 0 aliphatic heterocycles. The van der Waals surface area contributed by atoms with E-state index >= 15 is 0 Å². The van der Waals surface area contributed by atoms with Crippen LogP contribution in [0, 0.1) is 5.92 Å². The zero-order chi connectivity index (χ0) is 15.7. The molecule has 0 saturated carbocycles. The maximum absolute atomic E-state index is 11.8. The minimum absolute atomic E-state index is 0.265. The zero-order valence-corrected chi connectivity index (χ0v) is 13.3. The van der Waals surface area contributed by atoms with Crippen LogP contribution in [0.2, 0.25) is 0 Å². The van der Waals surface area contributed by atoms with E-state index in [4.69, 9.17) is 0 Å². The molecule has 1 unspecified atom stereocenters. The predicted molar refractivity (Wildman–Crippen MR) is 82.0 cm³/mol. The maximum Gasteiger partial charge on any atom is 0.244 e. The summed E-state index contributed by atoms with van der Waals surface area (Å²) in [5.41, 5.74) is 2.25. The van der Waals surface area contributed by atoms with Crippen molar-refractivity contribution < 1.29 is 15.0 Å². The maximum atomic E-state index is 11.8. The molecule has 1 amide bonds. The van der Waals surface area contributed by atoms with Crippen LogP contribution in [0.1, 0.15) is 53.9 Å². The molecule has 0 aromatic rings. The first-order chi connectivity index (χ1) is 9.22. The molecule has 4 nitrogen and oxygen atoms in total. The van der Waals surface area contributed by atoms with Gasteiger partial charge >= 0.3 is 0 Å². The average molecular weight is 283 g/mol. The average Bonchev–Trinajstić information content (AvgIpc) is 2.26. The quantitative estimate of drug-likeness (QED) is 0.364. The summed E-state index contributed by atoms with van der Waals surface area (Å²) in [6.45, 7) is 9.95. The number of hydrogen-bond donors (Lipinski definition) is 3. The van der Waals surface area contributed by atoms with E-state index in [0.717, 1.165) is 18.4 Å². The molecule has 0 aliphatic rings. The van der Waals surface area contributed by atoms with Gasteiger partial charge in [-0.05, 0) is 46.0 Å². The van der Waals surface area contributed by atoms with Crippen molar-refractivity contribution in [3.8, 4) is 0 Å². The summed E-state index contributed by atoms with van der Waals surface area (Å²) < 4.78 is 0. The van der Waals surface area contributed by atoms with Gasteiger partial charge in [0.15, 0.2) is 6.29 Å². The number of hydrogen-bond acceptors (Lipinski definition) is 3. The topological polar surface area (TPSA) is 69.6 Å². The second-order valence-corrected chi connectivity index (χ2v) is 5.97. The normalized spacial score (nSPS) is 13.6. The fourth-order valence-corrected chi connectivity index (χ4v) is 1.87. The highest BCUT2D eigenvalue weighted by Crippen LogP contribution is 2.09. The molecular formula is C16H29NO3. The number of nitrogens with one attached hydrogen (secondary N) is 1. The summed E-state index contributed by atoms with van der Waals surface area (Å²) in [5, 5.41) is 21.2. The lowest BCUT2D eigenvalue weighted by molar-refractivity contribution is -0.123. The Morgan fingerprint density at radius 2 is 1.80 bits per heavy atom. The second kappa shape index (κ2) is 9.72. The highest BCUT2D eigenvalue weighted by molar-refractivity contribution is 5.88. The number of rotatable bonds is 8. The monoisotopic (exact) mass is 283 g/mol. The first kappa shape index (κ1) is 18.9. The second-order valence-electron chi connectivity index (χ2n) is 5.97. The van der Waals surface area contributed by atoms with Crippen LogP contribution in [0.5, 0.6) is 0 Å². The Morgan fingerprint density at radius 3 is 2.25 bits per heavy atom. The van der Waals surface area contributed by atoms with Crippen molar-refractivity contribution in [3.05, 3.63) is 23.3 Å².